The molecule has 2 N–H and O–H groups in total. The maximum atomic E-state index is 15.0. The summed E-state index contributed by atoms with van der Waals surface area (Å²) in [6.45, 7) is -0.00515. The summed E-state index contributed by atoms with van der Waals surface area (Å²) in [4.78, 5) is 70.1. The Hall–Kier alpha value is -5.31. The lowest BCUT2D eigenvalue weighted by atomic mass is 9.44. The number of benzene rings is 3. The van der Waals surface area contributed by atoms with Crippen LogP contribution in [0.3, 0.4) is 0 Å². The van der Waals surface area contributed by atoms with Crippen molar-refractivity contribution in [2.45, 2.75) is 37.0 Å². The molecule has 0 spiro atoms. The number of hydrogen-bond donors (Lipinski definition) is 2. The van der Waals surface area contributed by atoms with E-state index in [2.05, 4.69) is 0 Å². The molecule has 4 aliphatic rings. The second-order valence-corrected chi connectivity index (χ2v) is 13.0. The molecule has 0 bridgehead atoms. The van der Waals surface area contributed by atoms with E-state index in [1.54, 1.807) is 42.5 Å². The maximum absolute atomic E-state index is 15.0. The first-order valence-electron chi connectivity index (χ1n) is 16.2. The molecule has 48 heavy (non-hydrogen) atoms. The van der Waals surface area contributed by atoms with Crippen LogP contribution >= 0.6 is 0 Å². The van der Waals surface area contributed by atoms with E-state index in [1.807, 2.05) is 42.5 Å². The van der Waals surface area contributed by atoms with Crippen LogP contribution in [-0.2, 0) is 29.4 Å². The summed E-state index contributed by atoms with van der Waals surface area (Å²) in [5.74, 6) is -6.08. The molecule has 1 saturated heterocycles. The zero-order chi connectivity index (χ0) is 33.7. The van der Waals surface area contributed by atoms with Crippen LogP contribution < -0.4 is 4.74 Å². The molecule has 9 nitrogen and oxygen atoms in total. The highest BCUT2D eigenvalue weighted by molar-refractivity contribution is 6.31. The summed E-state index contributed by atoms with van der Waals surface area (Å²) in [5.41, 5.74) is 1.17. The molecule has 9 heteroatoms. The Kier molecular flexibility index (Phi) is 7.86. The lowest BCUT2D eigenvalue weighted by Crippen LogP contribution is -2.58. The number of rotatable bonds is 8. The van der Waals surface area contributed by atoms with Crippen LogP contribution in [0.2, 0.25) is 0 Å². The van der Waals surface area contributed by atoms with Gasteiger partial charge < -0.3 is 14.9 Å². The Morgan fingerprint density at radius 2 is 1.62 bits per heavy atom. The van der Waals surface area contributed by atoms with Gasteiger partial charge in [0.1, 0.15) is 0 Å². The number of hydrogen-bond acceptors (Lipinski definition) is 7. The lowest BCUT2D eigenvalue weighted by molar-refractivity contribution is -0.142. The summed E-state index contributed by atoms with van der Waals surface area (Å²) in [6.07, 6.45) is 3.70. The van der Waals surface area contributed by atoms with Gasteiger partial charge in [0.15, 0.2) is 23.1 Å². The molecule has 3 aliphatic carbocycles. The van der Waals surface area contributed by atoms with Crippen LogP contribution in [-0.4, -0.2) is 58.1 Å². The number of allylic oxidation sites excluding steroid dienone is 4. The highest BCUT2D eigenvalue weighted by Crippen LogP contribution is 2.64. The Balaban J connectivity index is 1.45. The molecular formula is C39H35NO8. The Labute approximate surface area is 277 Å². The van der Waals surface area contributed by atoms with Crippen LogP contribution in [0.4, 0.5) is 0 Å². The fraction of sp³-hybridized carbons (Fsp3) is 0.308. The number of likely N-dealkylation sites (tertiary alicyclic amines) is 1. The number of amides is 2. The van der Waals surface area contributed by atoms with Crippen molar-refractivity contribution < 1.29 is 38.9 Å². The molecule has 7 rings (SSSR count). The number of phenolic OH excluding ortho intramolecular Hbond substituents is 1. The summed E-state index contributed by atoms with van der Waals surface area (Å²) in [6, 6.07) is 23.3. The highest BCUT2D eigenvalue weighted by Gasteiger charge is 2.66. The standard InChI is InChI=1S/C39H35NO8/c1-48-30-15-8-14-26(36(30)45)34-24-17-18-25-33(38(47)40(37(25)46)19-9-16-32(42)43)28(24)20-29-35(44)27(22-10-4-2-5-11-22)21-31(41)39(29,34)23-12-6-3-7-13-23/h2-8,10-15,17,21,25,28-29,33-34,45H,9,16,18-20H2,1H3,(H,42,43). The topological polar surface area (TPSA) is 138 Å². The largest absolute Gasteiger partial charge is 0.504 e. The highest BCUT2D eigenvalue weighted by atomic mass is 16.5. The van der Waals surface area contributed by atoms with E-state index in [0.717, 1.165) is 5.57 Å². The normalized spacial score (nSPS) is 27.9. The van der Waals surface area contributed by atoms with Gasteiger partial charge >= 0.3 is 5.97 Å². The minimum absolute atomic E-state index is 0.00515. The minimum Gasteiger partial charge on any atom is -0.504 e. The number of methoxy groups -OCH3 is 1. The van der Waals surface area contributed by atoms with E-state index >= 15 is 4.79 Å². The van der Waals surface area contributed by atoms with Gasteiger partial charge in [-0.3, -0.25) is 28.9 Å². The number of ether oxygens (including phenoxy) is 1. The molecule has 0 aromatic heterocycles. The predicted octanol–water partition coefficient (Wildman–Crippen LogP) is 5.09. The number of fused-ring (bicyclic) bond motifs is 4. The summed E-state index contributed by atoms with van der Waals surface area (Å²) < 4.78 is 5.50. The van der Waals surface area contributed by atoms with Gasteiger partial charge in [0.25, 0.3) is 0 Å². The first-order chi connectivity index (χ1) is 23.2. The Morgan fingerprint density at radius 1 is 0.917 bits per heavy atom. The molecule has 1 aliphatic heterocycles. The second-order valence-electron chi connectivity index (χ2n) is 13.0. The molecule has 6 unspecified atom stereocenters. The van der Waals surface area contributed by atoms with Gasteiger partial charge in [-0.15, -0.1) is 0 Å². The van der Waals surface area contributed by atoms with Crippen LogP contribution in [0.15, 0.2) is 96.6 Å². The van der Waals surface area contributed by atoms with Gasteiger partial charge in [-0.2, -0.15) is 0 Å². The van der Waals surface area contributed by atoms with E-state index in [-0.39, 0.29) is 72.7 Å². The number of nitrogens with zero attached hydrogens (tertiary/aromatic N) is 1. The maximum Gasteiger partial charge on any atom is 0.303 e. The molecule has 1 saturated carbocycles. The van der Waals surface area contributed by atoms with Crippen molar-refractivity contribution in [3.63, 3.8) is 0 Å². The average Bonchev–Trinajstić information content (AvgIpc) is 3.34. The first-order valence-corrected chi connectivity index (χ1v) is 16.2. The molecule has 2 amide bonds. The molecule has 6 atom stereocenters. The SMILES string of the molecule is COc1cccc(C2C3=CCC4C(=O)N(CCCC(=O)O)C(=O)C4C3CC3C(=O)C(c4ccccc4)=CC(=O)C32c2ccccc2)c1O. The van der Waals surface area contributed by atoms with Gasteiger partial charge in [-0.25, -0.2) is 0 Å². The number of carbonyl (C=O) groups excluding carboxylic acids is 4. The van der Waals surface area contributed by atoms with Crippen LogP contribution in [0.1, 0.15) is 48.3 Å². The van der Waals surface area contributed by atoms with Crippen LogP contribution in [0.5, 0.6) is 11.5 Å². The van der Waals surface area contributed by atoms with Gasteiger partial charge in [0.05, 0.1) is 24.4 Å². The fourth-order valence-electron chi connectivity index (χ4n) is 8.83. The monoisotopic (exact) mass is 645 g/mol. The summed E-state index contributed by atoms with van der Waals surface area (Å²) in [7, 11) is 1.44. The number of phenols is 1. The molecule has 0 radical (unpaired) electrons. The zero-order valence-electron chi connectivity index (χ0n) is 26.4. The third-order valence-corrected chi connectivity index (χ3v) is 10.8. The van der Waals surface area contributed by atoms with Crippen molar-refractivity contribution in [1.82, 2.24) is 4.90 Å². The van der Waals surface area contributed by atoms with Crippen molar-refractivity contribution in [3.8, 4) is 11.5 Å². The molecule has 3 aromatic rings. The fourth-order valence-corrected chi connectivity index (χ4v) is 8.83. The number of aromatic hydroxyl groups is 1. The molecule has 2 fully saturated rings. The number of carboxylic acids is 1. The number of aliphatic carboxylic acids is 1. The van der Waals surface area contributed by atoms with Gasteiger partial charge in [0, 0.05) is 35.9 Å². The van der Waals surface area contributed by atoms with Gasteiger partial charge in [-0.1, -0.05) is 84.4 Å². The van der Waals surface area contributed by atoms with E-state index in [0.29, 0.717) is 16.7 Å². The quantitative estimate of drug-likeness (QED) is 0.255. The summed E-state index contributed by atoms with van der Waals surface area (Å²) >= 11 is 0. The van der Waals surface area contributed by atoms with Crippen LogP contribution in [0, 0.1) is 23.7 Å². The van der Waals surface area contributed by atoms with Crippen molar-refractivity contribution in [1.29, 1.82) is 0 Å². The number of para-hydroxylation sites is 1. The third-order valence-electron chi connectivity index (χ3n) is 10.8. The zero-order valence-corrected chi connectivity index (χ0v) is 26.4. The van der Waals surface area contributed by atoms with Crippen molar-refractivity contribution >= 4 is 34.9 Å². The number of carboxylic acid groups (broad SMARTS) is 1. The van der Waals surface area contributed by atoms with E-state index < -0.39 is 41.0 Å². The lowest BCUT2D eigenvalue weighted by Gasteiger charge is -2.55. The van der Waals surface area contributed by atoms with Gasteiger partial charge in [-0.05, 0) is 48.4 Å². The Morgan fingerprint density at radius 3 is 2.31 bits per heavy atom. The molecular weight excluding hydrogens is 610 g/mol. The van der Waals surface area contributed by atoms with E-state index in [9.17, 15) is 24.3 Å². The second kappa shape index (κ2) is 12.0. The first kappa shape index (κ1) is 31.3. The van der Waals surface area contributed by atoms with E-state index in [4.69, 9.17) is 9.84 Å². The number of carbonyl (C=O) groups is 5. The number of Topliss-reactive ketones (excluding diaryl/α,β-unsaturated/α-hetero) is 1. The molecule has 1 heterocycles. The predicted molar refractivity (Wildman–Crippen MR) is 175 cm³/mol. The van der Waals surface area contributed by atoms with Crippen molar-refractivity contribution in [3.05, 3.63) is 113 Å². The van der Waals surface area contributed by atoms with Crippen LogP contribution in [0.25, 0.3) is 5.57 Å². The minimum atomic E-state index is -1.47. The van der Waals surface area contributed by atoms with Crippen molar-refractivity contribution in [2.75, 3.05) is 13.7 Å². The average molecular weight is 646 g/mol. The van der Waals surface area contributed by atoms with Gasteiger partial charge in [0.2, 0.25) is 11.8 Å². The summed E-state index contributed by atoms with van der Waals surface area (Å²) in [5, 5.41) is 20.9. The Bertz CT molecular complexity index is 1900. The molecule has 3 aromatic carbocycles. The number of ketones is 2. The molecule has 244 valence electrons. The smallest absolute Gasteiger partial charge is 0.303 e. The van der Waals surface area contributed by atoms with E-state index in [1.165, 1.54) is 18.1 Å². The third kappa shape index (κ3) is 4.63. The number of imide groups is 1. The van der Waals surface area contributed by atoms with Crippen molar-refractivity contribution in [2.24, 2.45) is 23.7 Å².